The van der Waals surface area contributed by atoms with Crippen LogP contribution in [0.15, 0.2) is 71.1 Å². The highest BCUT2D eigenvalue weighted by atomic mass is 35.5. The minimum absolute atomic E-state index is 0.172. The van der Waals surface area contributed by atoms with Crippen molar-refractivity contribution in [3.8, 4) is 0 Å². The van der Waals surface area contributed by atoms with Crippen LogP contribution in [0.25, 0.3) is 16.6 Å². The molecule has 2 aromatic carbocycles. The van der Waals surface area contributed by atoms with Gasteiger partial charge in [-0.15, -0.1) is 5.10 Å². The second kappa shape index (κ2) is 6.69. The standard InChI is InChI=1S/C19H16ClN7/c1-26(14-5-2-4-13(20)11-14)19-17-6-3-9-27(17)16-8-7-12(10-15(16)23-19)18(21)24-25-22/h2-11H,1H3,(H3,21,22,24). The highest BCUT2D eigenvalue weighted by Gasteiger charge is 2.14. The molecule has 0 aliphatic rings. The van der Waals surface area contributed by atoms with E-state index < -0.39 is 0 Å². The van der Waals surface area contributed by atoms with E-state index in [1.54, 1.807) is 0 Å². The lowest BCUT2D eigenvalue weighted by molar-refractivity contribution is 0.986. The van der Waals surface area contributed by atoms with E-state index >= 15 is 0 Å². The summed E-state index contributed by atoms with van der Waals surface area (Å²) in [6.45, 7) is 0. The molecule has 3 N–H and O–H groups in total. The number of aromatic nitrogens is 2. The average Bonchev–Trinajstić information content (AvgIpc) is 3.16. The Labute approximate surface area is 160 Å². The maximum Gasteiger partial charge on any atom is 0.157 e. The van der Waals surface area contributed by atoms with Crippen molar-refractivity contribution < 1.29 is 0 Å². The molecule has 0 fully saturated rings. The molecule has 7 nitrogen and oxygen atoms in total. The Balaban J connectivity index is 1.94. The Bertz CT molecular complexity index is 1200. The Hall–Kier alpha value is -3.45. The van der Waals surface area contributed by atoms with Gasteiger partial charge in [-0.05, 0) is 48.5 Å². The van der Waals surface area contributed by atoms with E-state index in [0.29, 0.717) is 10.6 Å². The van der Waals surface area contributed by atoms with Crippen LogP contribution in [0.2, 0.25) is 5.02 Å². The average molecular weight is 378 g/mol. The fourth-order valence-electron chi connectivity index (χ4n) is 3.09. The molecule has 0 radical (unpaired) electrons. The second-order valence-electron chi connectivity index (χ2n) is 6.03. The largest absolute Gasteiger partial charge is 0.382 e. The van der Waals surface area contributed by atoms with Crippen molar-refractivity contribution in [2.24, 2.45) is 16.1 Å². The van der Waals surface area contributed by atoms with Gasteiger partial charge in [-0.3, -0.25) is 0 Å². The van der Waals surface area contributed by atoms with E-state index in [1.165, 1.54) is 0 Å². The van der Waals surface area contributed by atoms with E-state index in [-0.39, 0.29) is 5.84 Å². The summed E-state index contributed by atoms with van der Waals surface area (Å²) >= 11 is 6.15. The number of rotatable bonds is 4. The second-order valence-corrected chi connectivity index (χ2v) is 6.46. The van der Waals surface area contributed by atoms with Gasteiger partial charge in [0, 0.05) is 29.5 Å². The Morgan fingerprint density at radius 3 is 2.78 bits per heavy atom. The number of nitrogens with zero attached hydrogens (tertiary/aromatic N) is 5. The molecule has 0 amide bonds. The lowest BCUT2D eigenvalue weighted by Gasteiger charge is -2.21. The van der Waals surface area contributed by atoms with Crippen LogP contribution in [-0.4, -0.2) is 22.3 Å². The van der Waals surface area contributed by atoms with Crippen LogP contribution in [-0.2, 0) is 0 Å². The van der Waals surface area contributed by atoms with Crippen molar-refractivity contribution in [2.45, 2.75) is 0 Å². The zero-order valence-corrected chi connectivity index (χ0v) is 15.2. The fourth-order valence-corrected chi connectivity index (χ4v) is 3.27. The van der Waals surface area contributed by atoms with E-state index in [4.69, 9.17) is 27.8 Å². The van der Waals surface area contributed by atoms with Crippen molar-refractivity contribution in [3.05, 3.63) is 71.4 Å². The zero-order valence-electron chi connectivity index (χ0n) is 14.5. The van der Waals surface area contributed by atoms with Gasteiger partial charge < -0.3 is 15.0 Å². The number of anilines is 2. The van der Waals surface area contributed by atoms with Gasteiger partial charge >= 0.3 is 0 Å². The van der Waals surface area contributed by atoms with Gasteiger partial charge in [0.2, 0.25) is 0 Å². The number of hydrogen-bond acceptors (Lipinski definition) is 4. The molecule has 2 aromatic heterocycles. The Kier molecular flexibility index (Phi) is 4.21. The predicted octanol–water partition coefficient (Wildman–Crippen LogP) is 4.56. The number of halogens is 1. The minimum atomic E-state index is 0.172. The maximum atomic E-state index is 6.86. The van der Waals surface area contributed by atoms with Crippen molar-refractivity contribution in [3.63, 3.8) is 0 Å². The number of amidine groups is 1. The monoisotopic (exact) mass is 377 g/mol. The van der Waals surface area contributed by atoms with Crippen molar-refractivity contribution in [1.29, 1.82) is 5.53 Å². The van der Waals surface area contributed by atoms with Gasteiger partial charge in [0.05, 0.1) is 16.6 Å². The molecule has 0 spiro atoms. The third kappa shape index (κ3) is 2.98. The Morgan fingerprint density at radius 1 is 1.15 bits per heavy atom. The lowest BCUT2D eigenvalue weighted by atomic mass is 10.1. The third-order valence-corrected chi connectivity index (χ3v) is 4.64. The predicted molar refractivity (Wildman–Crippen MR) is 108 cm³/mol. The van der Waals surface area contributed by atoms with Crippen LogP contribution in [0.1, 0.15) is 5.56 Å². The first-order valence-corrected chi connectivity index (χ1v) is 8.56. The first-order chi connectivity index (χ1) is 13.1. The van der Waals surface area contributed by atoms with Gasteiger partial charge in [0.1, 0.15) is 0 Å². The van der Waals surface area contributed by atoms with Crippen LogP contribution in [0, 0.1) is 5.53 Å². The molecule has 0 atom stereocenters. The molecule has 134 valence electrons. The molecule has 0 saturated heterocycles. The molecule has 0 bridgehead atoms. The molecule has 2 heterocycles. The van der Waals surface area contributed by atoms with Crippen LogP contribution < -0.4 is 10.6 Å². The van der Waals surface area contributed by atoms with E-state index in [2.05, 4.69) is 14.7 Å². The molecule has 4 rings (SSSR count). The van der Waals surface area contributed by atoms with Gasteiger partial charge in [-0.1, -0.05) is 22.9 Å². The van der Waals surface area contributed by atoms with E-state index in [1.807, 2.05) is 72.7 Å². The lowest BCUT2D eigenvalue weighted by Crippen LogP contribution is -2.14. The zero-order chi connectivity index (χ0) is 19.0. The summed E-state index contributed by atoms with van der Waals surface area (Å²) < 4.78 is 2.07. The summed E-state index contributed by atoms with van der Waals surface area (Å²) in [5, 5.41) is 7.25. The summed E-state index contributed by atoms with van der Waals surface area (Å²) in [7, 11) is 1.95. The van der Waals surface area contributed by atoms with Crippen molar-refractivity contribution in [1.82, 2.24) is 9.38 Å². The molecule has 27 heavy (non-hydrogen) atoms. The summed E-state index contributed by atoms with van der Waals surface area (Å²) in [5.74, 6) is 0.957. The Morgan fingerprint density at radius 2 is 2.00 bits per heavy atom. The van der Waals surface area contributed by atoms with E-state index in [9.17, 15) is 0 Å². The van der Waals surface area contributed by atoms with Crippen molar-refractivity contribution >= 4 is 45.5 Å². The van der Waals surface area contributed by atoms with Gasteiger partial charge in [0.15, 0.2) is 11.7 Å². The molecule has 4 aromatic rings. The molecule has 0 saturated carbocycles. The van der Waals surface area contributed by atoms with Crippen LogP contribution >= 0.6 is 11.6 Å². The van der Waals surface area contributed by atoms with Crippen LogP contribution in [0.4, 0.5) is 11.5 Å². The summed E-state index contributed by atoms with van der Waals surface area (Å²) in [5.41, 5.74) is 17.0. The minimum Gasteiger partial charge on any atom is -0.382 e. The molecule has 8 heteroatoms. The highest BCUT2D eigenvalue weighted by molar-refractivity contribution is 6.30. The normalized spacial score (nSPS) is 11.9. The smallest absolute Gasteiger partial charge is 0.157 e. The third-order valence-electron chi connectivity index (χ3n) is 4.41. The quantitative estimate of drug-likeness (QED) is 0.236. The number of hydrogen-bond donors (Lipinski definition) is 2. The van der Waals surface area contributed by atoms with Gasteiger partial charge in [-0.25, -0.2) is 4.98 Å². The van der Waals surface area contributed by atoms with Crippen molar-refractivity contribution in [2.75, 3.05) is 11.9 Å². The van der Waals surface area contributed by atoms with Crippen LogP contribution in [0.3, 0.4) is 0 Å². The molecule has 0 unspecified atom stereocenters. The number of fused-ring (bicyclic) bond motifs is 3. The number of benzene rings is 2. The van der Waals surface area contributed by atoms with Crippen LogP contribution in [0.5, 0.6) is 0 Å². The first-order valence-electron chi connectivity index (χ1n) is 8.19. The number of nitrogens with one attached hydrogen (secondary N) is 1. The molecular formula is C19H16ClN7. The van der Waals surface area contributed by atoms with Gasteiger partial charge in [-0.2, -0.15) is 5.53 Å². The molecule has 0 aliphatic carbocycles. The SMILES string of the molecule is CN(c1cccc(Cl)c1)c1nc2cc(C(N)=NN=N)ccc2n2cccc12. The summed E-state index contributed by atoms with van der Waals surface area (Å²) in [6.07, 6.45) is 1.99. The molecular weight excluding hydrogens is 362 g/mol. The van der Waals surface area contributed by atoms with E-state index in [0.717, 1.165) is 28.1 Å². The summed E-state index contributed by atoms with van der Waals surface area (Å²) in [4.78, 5) is 6.85. The maximum absolute atomic E-state index is 6.86. The fraction of sp³-hybridized carbons (Fsp3) is 0.0526. The number of nitrogens with two attached hydrogens (primary N) is 1. The topological polar surface area (TPSA) is 95.1 Å². The van der Waals surface area contributed by atoms with Gasteiger partial charge in [0.25, 0.3) is 0 Å². The first kappa shape index (κ1) is 17.0. The summed E-state index contributed by atoms with van der Waals surface area (Å²) in [6, 6.07) is 17.2. The molecule has 0 aliphatic heterocycles. The highest BCUT2D eigenvalue weighted by Crippen LogP contribution is 2.30.